The summed E-state index contributed by atoms with van der Waals surface area (Å²) in [5.41, 5.74) is 0.562. The first-order valence-corrected chi connectivity index (χ1v) is 6.43. The number of carbonyl (C=O) groups is 1. The second-order valence-electron chi connectivity index (χ2n) is 3.78. The second-order valence-corrected chi connectivity index (χ2v) is 4.63. The average Bonchev–Trinajstić information content (AvgIpc) is 2.89. The molecule has 1 aromatic heterocycles. The minimum Gasteiger partial charge on any atom is -0.492 e. The highest BCUT2D eigenvalue weighted by Gasteiger charge is 2.06. The molecule has 0 radical (unpaired) electrons. The molecule has 0 saturated carbocycles. The van der Waals surface area contributed by atoms with Gasteiger partial charge in [0.05, 0.1) is 23.0 Å². The smallest absolute Gasteiger partial charge is 0.153 e. The number of aromatic nitrogens is 2. The Balaban J connectivity index is 1.88. The highest BCUT2D eigenvalue weighted by atomic mass is 79.9. The number of benzene rings is 1. The zero-order valence-corrected chi connectivity index (χ0v) is 11.3. The van der Waals surface area contributed by atoms with Gasteiger partial charge in [-0.15, -0.1) is 0 Å². The van der Waals surface area contributed by atoms with Crippen molar-refractivity contribution in [3.8, 4) is 5.75 Å². The molecule has 0 atom stereocenters. The van der Waals surface area contributed by atoms with Gasteiger partial charge in [-0.2, -0.15) is 0 Å². The molecule has 0 spiro atoms. The summed E-state index contributed by atoms with van der Waals surface area (Å²) in [5.74, 6) is 0.609. The zero-order chi connectivity index (χ0) is 12.8. The Labute approximate surface area is 114 Å². The molecule has 0 bridgehead atoms. The van der Waals surface area contributed by atoms with Gasteiger partial charge in [-0.1, -0.05) is 6.07 Å². The van der Waals surface area contributed by atoms with E-state index in [1.54, 1.807) is 18.6 Å². The van der Waals surface area contributed by atoms with E-state index in [4.69, 9.17) is 4.74 Å². The van der Waals surface area contributed by atoms with E-state index in [0.717, 1.165) is 23.7 Å². The Morgan fingerprint density at radius 1 is 1.44 bits per heavy atom. The van der Waals surface area contributed by atoms with Gasteiger partial charge in [-0.25, -0.2) is 4.98 Å². The molecule has 5 heteroatoms. The molecular weight excluding hydrogens is 296 g/mol. The lowest BCUT2D eigenvalue weighted by Crippen LogP contribution is -2.04. The normalized spacial score (nSPS) is 10.3. The van der Waals surface area contributed by atoms with Crippen molar-refractivity contribution < 1.29 is 9.53 Å². The quantitative estimate of drug-likeness (QED) is 0.609. The maximum Gasteiger partial charge on any atom is 0.153 e. The van der Waals surface area contributed by atoms with E-state index in [2.05, 4.69) is 20.9 Å². The van der Waals surface area contributed by atoms with Crippen molar-refractivity contribution >= 4 is 22.2 Å². The molecule has 1 heterocycles. The van der Waals surface area contributed by atoms with Crippen LogP contribution in [0, 0.1) is 0 Å². The minimum absolute atomic E-state index is 0.557. The van der Waals surface area contributed by atoms with Gasteiger partial charge in [0, 0.05) is 18.9 Å². The molecular formula is C13H13BrN2O2. The van der Waals surface area contributed by atoms with Crippen molar-refractivity contribution in [2.45, 2.75) is 13.0 Å². The lowest BCUT2D eigenvalue weighted by atomic mass is 10.2. The molecule has 2 rings (SSSR count). The molecule has 4 nitrogen and oxygen atoms in total. The number of para-hydroxylation sites is 1. The van der Waals surface area contributed by atoms with Crippen LogP contribution in [0.5, 0.6) is 5.75 Å². The first kappa shape index (κ1) is 12.8. The SMILES string of the molecule is O=Cc1cccc(Br)c1OCCCn1ccnc1. The standard InChI is InChI=1S/C13H13BrN2O2/c14-12-4-1-3-11(9-17)13(12)18-8-2-6-16-7-5-15-10-16/h1,3-5,7,9-10H,2,6,8H2. The molecule has 18 heavy (non-hydrogen) atoms. The summed E-state index contributed by atoms with van der Waals surface area (Å²) >= 11 is 3.38. The molecule has 0 unspecified atom stereocenters. The van der Waals surface area contributed by atoms with Gasteiger partial charge in [-0.05, 0) is 34.5 Å². The first-order valence-electron chi connectivity index (χ1n) is 5.63. The van der Waals surface area contributed by atoms with Crippen molar-refractivity contribution in [1.82, 2.24) is 9.55 Å². The summed E-state index contributed by atoms with van der Waals surface area (Å²) in [7, 11) is 0. The molecule has 0 aliphatic carbocycles. The van der Waals surface area contributed by atoms with Gasteiger partial charge in [0.1, 0.15) is 5.75 Å². The van der Waals surface area contributed by atoms with Gasteiger partial charge in [0.2, 0.25) is 0 Å². The summed E-state index contributed by atoms with van der Waals surface area (Å²) in [4.78, 5) is 14.9. The van der Waals surface area contributed by atoms with Crippen molar-refractivity contribution in [2.75, 3.05) is 6.61 Å². The Morgan fingerprint density at radius 3 is 3.06 bits per heavy atom. The lowest BCUT2D eigenvalue weighted by molar-refractivity contribution is 0.111. The number of rotatable bonds is 6. The van der Waals surface area contributed by atoms with E-state index < -0.39 is 0 Å². The van der Waals surface area contributed by atoms with E-state index in [0.29, 0.717) is 17.9 Å². The van der Waals surface area contributed by atoms with Crippen LogP contribution >= 0.6 is 15.9 Å². The Morgan fingerprint density at radius 2 is 2.33 bits per heavy atom. The monoisotopic (exact) mass is 308 g/mol. The van der Waals surface area contributed by atoms with E-state index in [1.165, 1.54) is 0 Å². The number of ether oxygens (including phenoxy) is 1. The largest absolute Gasteiger partial charge is 0.492 e. The van der Waals surface area contributed by atoms with Crippen molar-refractivity contribution in [1.29, 1.82) is 0 Å². The van der Waals surface area contributed by atoms with Crippen molar-refractivity contribution in [3.05, 3.63) is 47.0 Å². The summed E-state index contributed by atoms with van der Waals surface area (Å²) < 4.78 is 8.44. The molecule has 2 aromatic rings. The van der Waals surface area contributed by atoms with Crippen LogP contribution in [-0.2, 0) is 6.54 Å². The van der Waals surface area contributed by atoms with Crippen molar-refractivity contribution in [3.63, 3.8) is 0 Å². The molecule has 94 valence electrons. The van der Waals surface area contributed by atoms with Gasteiger partial charge in [0.25, 0.3) is 0 Å². The summed E-state index contributed by atoms with van der Waals surface area (Å²) in [6.45, 7) is 1.41. The van der Waals surface area contributed by atoms with E-state index in [-0.39, 0.29) is 0 Å². The number of aldehydes is 1. The number of aryl methyl sites for hydroxylation is 1. The molecule has 0 amide bonds. The third-order valence-electron chi connectivity index (χ3n) is 2.49. The number of imidazole rings is 1. The molecule has 0 saturated heterocycles. The predicted molar refractivity (Wildman–Crippen MR) is 71.9 cm³/mol. The Bertz CT molecular complexity index is 512. The fourth-order valence-electron chi connectivity index (χ4n) is 1.61. The van der Waals surface area contributed by atoms with Crippen LogP contribution in [-0.4, -0.2) is 22.4 Å². The predicted octanol–water partition coefficient (Wildman–Crippen LogP) is 2.93. The summed E-state index contributed by atoms with van der Waals surface area (Å²) in [6, 6.07) is 5.41. The Hall–Kier alpha value is -1.62. The summed E-state index contributed by atoms with van der Waals surface area (Å²) in [6.07, 6.45) is 7.09. The number of hydrogen-bond acceptors (Lipinski definition) is 3. The molecule has 0 aliphatic rings. The first-order chi connectivity index (χ1) is 8.81. The van der Waals surface area contributed by atoms with Gasteiger partial charge >= 0.3 is 0 Å². The highest BCUT2D eigenvalue weighted by molar-refractivity contribution is 9.10. The number of carbonyl (C=O) groups excluding carboxylic acids is 1. The third-order valence-corrected chi connectivity index (χ3v) is 3.12. The maximum atomic E-state index is 10.9. The van der Waals surface area contributed by atoms with Crippen LogP contribution in [0.4, 0.5) is 0 Å². The summed E-state index contributed by atoms with van der Waals surface area (Å²) in [5, 5.41) is 0. The zero-order valence-electron chi connectivity index (χ0n) is 9.75. The maximum absolute atomic E-state index is 10.9. The van der Waals surface area contributed by atoms with Crippen LogP contribution in [0.15, 0.2) is 41.4 Å². The van der Waals surface area contributed by atoms with Crippen LogP contribution in [0.2, 0.25) is 0 Å². The topological polar surface area (TPSA) is 44.1 Å². The minimum atomic E-state index is 0.557. The molecule has 0 fully saturated rings. The van der Waals surface area contributed by atoms with Gasteiger partial charge in [0.15, 0.2) is 6.29 Å². The van der Waals surface area contributed by atoms with E-state index in [1.807, 2.05) is 22.9 Å². The molecule has 1 aromatic carbocycles. The van der Waals surface area contributed by atoms with Crippen LogP contribution in [0.3, 0.4) is 0 Å². The highest BCUT2D eigenvalue weighted by Crippen LogP contribution is 2.28. The van der Waals surface area contributed by atoms with Crippen LogP contribution < -0.4 is 4.74 Å². The van der Waals surface area contributed by atoms with Crippen LogP contribution in [0.1, 0.15) is 16.8 Å². The fraction of sp³-hybridized carbons (Fsp3) is 0.231. The number of nitrogens with zero attached hydrogens (tertiary/aromatic N) is 2. The van der Waals surface area contributed by atoms with Gasteiger partial charge in [-0.3, -0.25) is 4.79 Å². The third kappa shape index (κ3) is 3.20. The number of halogens is 1. The van der Waals surface area contributed by atoms with E-state index in [9.17, 15) is 4.79 Å². The molecule has 0 aliphatic heterocycles. The van der Waals surface area contributed by atoms with Crippen LogP contribution in [0.25, 0.3) is 0 Å². The molecule has 0 N–H and O–H groups in total. The van der Waals surface area contributed by atoms with Gasteiger partial charge < -0.3 is 9.30 Å². The Kier molecular flexibility index (Phi) is 4.52. The second kappa shape index (κ2) is 6.35. The lowest BCUT2D eigenvalue weighted by Gasteiger charge is -2.10. The fourth-order valence-corrected chi connectivity index (χ4v) is 2.11. The average molecular weight is 309 g/mol. The van der Waals surface area contributed by atoms with Crippen molar-refractivity contribution in [2.24, 2.45) is 0 Å². The number of hydrogen-bond donors (Lipinski definition) is 0. The van der Waals surface area contributed by atoms with E-state index >= 15 is 0 Å².